The largest absolute Gasteiger partial charge is 0.497 e. The van der Waals surface area contributed by atoms with E-state index in [0.29, 0.717) is 12.5 Å². The number of nitrogens with zero attached hydrogens (tertiary/aromatic N) is 3. The van der Waals surface area contributed by atoms with E-state index in [1.165, 1.54) is 48.1 Å². The number of likely N-dealkylation sites (N-methyl/N-ethyl adjacent to an activating group) is 1. The lowest BCUT2D eigenvalue weighted by Gasteiger charge is -2.55. The summed E-state index contributed by atoms with van der Waals surface area (Å²) in [6.45, 7) is 9.88. The van der Waals surface area contributed by atoms with Crippen LogP contribution >= 0.6 is 0 Å². The van der Waals surface area contributed by atoms with Crippen molar-refractivity contribution >= 4 is 0 Å². The number of benzene rings is 1. The minimum atomic E-state index is -0.905. The molecule has 0 unspecified atom stereocenters. The lowest BCUT2D eigenvalue weighted by Crippen LogP contribution is -2.66. The monoisotopic (exact) mass is 451 g/mol. The number of methoxy groups -OCH3 is 1. The Morgan fingerprint density at radius 2 is 1.94 bits per heavy atom. The van der Waals surface area contributed by atoms with E-state index in [-0.39, 0.29) is 6.04 Å². The highest BCUT2D eigenvalue weighted by atomic mass is 16.5. The fourth-order valence-corrected chi connectivity index (χ4v) is 6.52. The molecule has 0 aliphatic heterocycles. The van der Waals surface area contributed by atoms with E-state index >= 15 is 0 Å². The fourth-order valence-electron chi connectivity index (χ4n) is 6.52. The van der Waals surface area contributed by atoms with Crippen LogP contribution < -0.4 is 4.74 Å². The number of fused-ring (bicyclic) bond motifs is 1. The highest BCUT2D eigenvalue weighted by Crippen LogP contribution is 2.53. The van der Waals surface area contributed by atoms with Crippen molar-refractivity contribution in [3.8, 4) is 5.75 Å². The molecule has 1 aromatic carbocycles. The predicted molar refractivity (Wildman–Crippen MR) is 132 cm³/mol. The van der Waals surface area contributed by atoms with Crippen molar-refractivity contribution in [3.63, 3.8) is 0 Å². The van der Waals surface area contributed by atoms with Crippen LogP contribution in [0.5, 0.6) is 5.75 Å². The average Bonchev–Trinajstić information content (AvgIpc) is 3.73. The minimum absolute atomic E-state index is 0.0282. The van der Waals surface area contributed by atoms with E-state index in [2.05, 4.69) is 56.5 Å². The summed E-state index contributed by atoms with van der Waals surface area (Å²) in [5.74, 6) is 1.65. The lowest BCUT2D eigenvalue weighted by atomic mass is 9.54. The van der Waals surface area contributed by atoms with E-state index in [0.717, 1.165) is 36.7 Å². The molecule has 0 radical (unpaired) electrons. The van der Waals surface area contributed by atoms with E-state index < -0.39 is 11.0 Å². The first-order valence-electron chi connectivity index (χ1n) is 12.9. The van der Waals surface area contributed by atoms with Gasteiger partial charge in [0.15, 0.2) is 0 Å². The molecule has 1 aromatic heterocycles. The molecule has 2 saturated carbocycles. The first-order chi connectivity index (χ1) is 15.7. The predicted octanol–water partition coefficient (Wildman–Crippen LogP) is 4.75. The second-order valence-corrected chi connectivity index (χ2v) is 11.1. The molecule has 1 heterocycles. The Bertz CT molecular complexity index is 1040. The van der Waals surface area contributed by atoms with Gasteiger partial charge in [0.25, 0.3) is 0 Å². The average molecular weight is 452 g/mol. The SMILES string of the molecule is CC[C@]1(c2cc(OC)ccc2C)Cc2c(c(C)nn2C2CC2)C[C@@]1(O)[C@@H](C)N(C)CC1CC1. The summed E-state index contributed by atoms with van der Waals surface area (Å²) in [5.41, 5.74) is 4.87. The highest BCUT2D eigenvalue weighted by molar-refractivity contribution is 5.48. The number of ether oxygens (including phenoxy) is 1. The van der Waals surface area contributed by atoms with Crippen LogP contribution in [0, 0.1) is 19.8 Å². The number of rotatable bonds is 8. The van der Waals surface area contributed by atoms with Crippen LogP contribution in [0.1, 0.15) is 80.1 Å². The van der Waals surface area contributed by atoms with Crippen LogP contribution in [0.25, 0.3) is 0 Å². The van der Waals surface area contributed by atoms with Gasteiger partial charge in [0.1, 0.15) is 5.75 Å². The zero-order chi connectivity index (χ0) is 23.5. The van der Waals surface area contributed by atoms with Gasteiger partial charge in [-0.25, -0.2) is 0 Å². The van der Waals surface area contributed by atoms with Gasteiger partial charge in [-0.3, -0.25) is 4.68 Å². The summed E-state index contributed by atoms with van der Waals surface area (Å²) in [7, 11) is 3.94. The van der Waals surface area contributed by atoms with Crippen LogP contribution in [0.15, 0.2) is 18.2 Å². The molecule has 3 aliphatic rings. The lowest BCUT2D eigenvalue weighted by molar-refractivity contribution is -0.105. The Morgan fingerprint density at radius 3 is 2.55 bits per heavy atom. The third kappa shape index (κ3) is 3.63. The van der Waals surface area contributed by atoms with E-state index in [9.17, 15) is 5.11 Å². The molecule has 0 bridgehead atoms. The van der Waals surface area contributed by atoms with Crippen LogP contribution in [-0.2, 0) is 18.3 Å². The van der Waals surface area contributed by atoms with Crippen molar-refractivity contribution in [2.24, 2.45) is 5.92 Å². The Hall–Kier alpha value is -1.85. The standard InChI is InChI=1S/C28H41N3O2/c1-7-27(25-14-23(33-6)13-8-18(25)2)16-26-24(19(3)29-31(26)22-11-12-22)15-28(27,32)20(4)30(5)17-21-9-10-21/h8,13-14,20-22,32H,7,9-12,15-17H2,1-6H3/t20-,27-,28-/m1/s1. The van der Waals surface area contributed by atoms with Crippen LogP contribution in [0.3, 0.4) is 0 Å². The van der Waals surface area contributed by atoms with Gasteiger partial charge in [0, 0.05) is 36.5 Å². The van der Waals surface area contributed by atoms with E-state index in [1.807, 2.05) is 6.07 Å². The summed E-state index contributed by atoms with van der Waals surface area (Å²) in [6.07, 6.45) is 7.42. The molecule has 0 amide bonds. The molecule has 2 fully saturated rings. The smallest absolute Gasteiger partial charge is 0.119 e. The molecule has 3 aliphatic carbocycles. The Morgan fingerprint density at radius 1 is 1.21 bits per heavy atom. The maximum atomic E-state index is 12.9. The number of hydrogen-bond donors (Lipinski definition) is 1. The molecular weight excluding hydrogens is 410 g/mol. The van der Waals surface area contributed by atoms with Crippen LogP contribution in [0.2, 0.25) is 0 Å². The number of aromatic nitrogens is 2. The van der Waals surface area contributed by atoms with Crippen molar-refractivity contribution in [1.29, 1.82) is 0 Å². The number of aliphatic hydroxyl groups is 1. The molecule has 0 saturated heterocycles. The molecule has 180 valence electrons. The molecule has 1 N–H and O–H groups in total. The van der Waals surface area contributed by atoms with Gasteiger partial charge in [-0.15, -0.1) is 0 Å². The van der Waals surface area contributed by atoms with Gasteiger partial charge in [0.2, 0.25) is 0 Å². The summed E-state index contributed by atoms with van der Waals surface area (Å²) in [5, 5.41) is 17.9. The normalized spacial score (nSPS) is 28.1. The van der Waals surface area contributed by atoms with Gasteiger partial charge in [-0.1, -0.05) is 13.0 Å². The molecule has 5 heteroatoms. The maximum absolute atomic E-state index is 12.9. The quantitative estimate of drug-likeness (QED) is 0.629. The summed E-state index contributed by atoms with van der Waals surface area (Å²) >= 11 is 0. The second kappa shape index (κ2) is 8.13. The van der Waals surface area contributed by atoms with Gasteiger partial charge >= 0.3 is 0 Å². The molecule has 33 heavy (non-hydrogen) atoms. The van der Waals surface area contributed by atoms with Crippen LogP contribution in [-0.4, -0.2) is 52.1 Å². The van der Waals surface area contributed by atoms with Crippen molar-refractivity contribution in [2.45, 2.75) is 95.7 Å². The molecule has 5 rings (SSSR count). The number of hydrogen-bond acceptors (Lipinski definition) is 4. The van der Waals surface area contributed by atoms with Crippen molar-refractivity contribution in [3.05, 3.63) is 46.3 Å². The van der Waals surface area contributed by atoms with Crippen molar-refractivity contribution in [2.75, 3.05) is 20.7 Å². The van der Waals surface area contributed by atoms with Crippen molar-refractivity contribution in [1.82, 2.24) is 14.7 Å². The van der Waals surface area contributed by atoms with E-state index in [1.54, 1.807) is 7.11 Å². The third-order valence-electron chi connectivity index (χ3n) is 9.12. The summed E-state index contributed by atoms with van der Waals surface area (Å²) in [4.78, 5) is 2.42. The third-order valence-corrected chi connectivity index (χ3v) is 9.12. The van der Waals surface area contributed by atoms with Gasteiger partial charge in [-0.2, -0.15) is 5.10 Å². The molecule has 5 nitrogen and oxygen atoms in total. The van der Waals surface area contributed by atoms with Gasteiger partial charge in [0.05, 0.1) is 24.4 Å². The Labute approximate surface area is 199 Å². The minimum Gasteiger partial charge on any atom is -0.497 e. The fraction of sp³-hybridized carbons (Fsp3) is 0.679. The van der Waals surface area contributed by atoms with Gasteiger partial charge in [-0.05, 0) is 94.7 Å². The summed E-state index contributed by atoms with van der Waals surface area (Å²) in [6, 6.07) is 6.95. The van der Waals surface area contributed by atoms with E-state index in [4.69, 9.17) is 9.84 Å². The van der Waals surface area contributed by atoms with Crippen LogP contribution in [0.4, 0.5) is 0 Å². The van der Waals surface area contributed by atoms with Gasteiger partial charge < -0.3 is 14.7 Å². The first kappa shape index (κ1) is 22.9. The zero-order valence-corrected chi connectivity index (χ0v) is 21.3. The summed E-state index contributed by atoms with van der Waals surface area (Å²) < 4.78 is 7.97. The Balaban J connectivity index is 1.69. The second-order valence-electron chi connectivity index (χ2n) is 11.1. The zero-order valence-electron chi connectivity index (χ0n) is 21.3. The molecule has 2 aromatic rings. The first-order valence-corrected chi connectivity index (χ1v) is 12.9. The Kier molecular flexibility index (Phi) is 5.64. The maximum Gasteiger partial charge on any atom is 0.119 e. The topological polar surface area (TPSA) is 50.5 Å². The highest BCUT2D eigenvalue weighted by Gasteiger charge is 2.59. The molecular formula is C28H41N3O2. The molecule has 3 atom stereocenters. The molecule has 0 spiro atoms. The van der Waals surface area contributed by atoms with Crippen molar-refractivity contribution < 1.29 is 9.84 Å². The number of aryl methyl sites for hydroxylation is 2.